The first kappa shape index (κ1) is 20.6. The molecule has 0 aromatic carbocycles. The Bertz CT molecular complexity index is 1360. The summed E-state index contributed by atoms with van der Waals surface area (Å²) in [5.74, 6) is 3.02. The fraction of sp³-hybridized carbons (Fsp3) is 0.355. The monoisotopic (exact) mass is 436 g/mol. The zero-order valence-electron chi connectivity index (χ0n) is 20.6. The van der Waals surface area contributed by atoms with Gasteiger partial charge in [-0.05, 0) is 114 Å². The van der Waals surface area contributed by atoms with Crippen molar-refractivity contribution in [1.29, 1.82) is 0 Å². The molecular weight excluding hydrogens is 404 g/mol. The molecule has 33 heavy (non-hydrogen) atoms. The first-order valence-electron chi connectivity index (χ1n) is 12.2. The topological polar surface area (TPSA) is 18.5 Å². The molecular formula is C31H32O2. The molecule has 4 aliphatic carbocycles. The molecule has 0 N–H and O–H groups in total. The lowest BCUT2D eigenvalue weighted by Crippen LogP contribution is -1.95. The zero-order valence-corrected chi connectivity index (χ0v) is 20.6. The predicted molar refractivity (Wildman–Crippen MR) is 136 cm³/mol. The highest BCUT2D eigenvalue weighted by Crippen LogP contribution is 2.45. The highest BCUT2D eigenvalue weighted by atomic mass is 16.5. The molecule has 2 atom stereocenters. The molecule has 0 aromatic heterocycles. The maximum absolute atomic E-state index is 6.01. The molecule has 6 rings (SSSR count). The van der Waals surface area contributed by atoms with Gasteiger partial charge in [-0.15, -0.1) is 0 Å². The third kappa shape index (κ3) is 3.07. The van der Waals surface area contributed by atoms with E-state index in [1.165, 1.54) is 66.8 Å². The minimum Gasteiger partial charge on any atom is -0.493 e. The smallest absolute Gasteiger partial charge is 0.123 e. The van der Waals surface area contributed by atoms with Gasteiger partial charge in [0, 0.05) is 23.0 Å². The van der Waals surface area contributed by atoms with Crippen LogP contribution in [0.5, 0.6) is 11.5 Å². The second kappa shape index (κ2) is 7.25. The molecule has 2 nitrogen and oxygen atoms in total. The Kier molecular flexibility index (Phi) is 4.52. The number of aryl methyl sites for hydroxylation is 3. The third-order valence-electron chi connectivity index (χ3n) is 8.00. The lowest BCUT2D eigenvalue weighted by Gasteiger charge is -2.07. The van der Waals surface area contributed by atoms with Gasteiger partial charge in [0.1, 0.15) is 11.5 Å². The molecule has 0 spiro atoms. The van der Waals surface area contributed by atoms with Crippen LogP contribution in [-0.2, 0) is 6.42 Å². The van der Waals surface area contributed by atoms with Gasteiger partial charge >= 0.3 is 0 Å². The molecule has 0 fully saturated rings. The van der Waals surface area contributed by atoms with E-state index in [-0.39, 0.29) is 0 Å². The molecule has 2 heterocycles. The van der Waals surface area contributed by atoms with Gasteiger partial charge in [0.2, 0.25) is 0 Å². The SMILES string of the molecule is Cc1cc2c(cc3c(C)c(Cc4cc(C)c5cc6c(cc(C)c4-5)OCC6C)cc1-3)C(C)CO2. The average Bonchev–Trinajstić information content (AvgIpc) is 3.42. The maximum Gasteiger partial charge on any atom is 0.123 e. The quantitative estimate of drug-likeness (QED) is 0.320. The Morgan fingerprint density at radius 3 is 1.88 bits per heavy atom. The largest absolute Gasteiger partial charge is 0.493 e. The Hall–Kier alpha value is -3.00. The fourth-order valence-electron chi connectivity index (χ4n) is 6.00. The number of ether oxygens (including phenoxy) is 2. The lowest BCUT2D eigenvalue weighted by atomic mass is 9.97. The summed E-state index contributed by atoms with van der Waals surface area (Å²) in [5, 5.41) is 0. The van der Waals surface area contributed by atoms with E-state index in [1.807, 2.05) is 0 Å². The Morgan fingerprint density at radius 1 is 0.636 bits per heavy atom. The standard InChI is InChI=1S/C31H32O2/c1-16-7-23(31-18(3)9-30-25(12-27(16)31)19(4)14-33-30)10-22-11-24-17(2)8-29-26(20(5)15-32-29)13-28(24)21(22)6/h7-9,11-13,19-20H,10,14-15H2,1-6H3. The molecule has 168 valence electrons. The van der Waals surface area contributed by atoms with Crippen LogP contribution in [-0.4, -0.2) is 13.2 Å². The van der Waals surface area contributed by atoms with Crippen molar-refractivity contribution >= 4 is 0 Å². The number of hydrogen-bond acceptors (Lipinski definition) is 2. The second-order valence-corrected chi connectivity index (χ2v) is 10.4. The molecule has 0 radical (unpaired) electrons. The van der Waals surface area contributed by atoms with E-state index in [1.54, 1.807) is 0 Å². The van der Waals surface area contributed by atoms with Crippen molar-refractivity contribution in [2.75, 3.05) is 13.2 Å². The summed E-state index contributed by atoms with van der Waals surface area (Å²) >= 11 is 0. The van der Waals surface area contributed by atoms with Crippen molar-refractivity contribution in [1.82, 2.24) is 0 Å². The van der Waals surface area contributed by atoms with Gasteiger partial charge in [-0.2, -0.15) is 0 Å². The zero-order chi connectivity index (χ0) is 23.0. The molecule has 0 saturated heterocycles. The molecule has 6 aliphatic rings. The van der Waals surface area contributed by atoms with Gasteiger partial charge in [-0.3, -0.25) is 0 Å². The molecule has 0 amide bonds. The molecule has 0 saturated carbocycles. The van der Waals surface area contributed by atoms with Crippen molar-refractivity contribution in [2.45, 2.75) is 59.8 Å². The van der Waals surface area contributed by atoms with Crippen molar-refractivity contribution < 1.29 is 9.47 Å². The highest BCUT2D eigenvalue weighted by Gasteiger charge is 2.26. The number of hydrogen-bond donors (Lipinski definition) is 0. The van der Waals surface area contributed by atoms with Crippen LogP contribution in [0, 0.1) is 27.7 Å². The van der Waals surface area contributed by atoms with Gasteiger partial charge < -0.3 is 9.47 Å². The van der Waals surface area contributed by atoms with Crippen LogP contribution in [0.2, 0.25) is 0 Å². The predicted octanol–water partition coefficient (Wildman–Crippen LogP) is 7.71. The summed E-state index contributed by atoms with van der Waals surface area (Å²) in [6.45, 7) is 15.1. The van der Waals surface area contributed by atoms with E-state index in [0.717, 1.165) is 31.1 Å². The van der Waals surface area contributed by atoms with Gasteiger partial charge in [-0.1, -0.05) is 26.0 Å². The number of rotatable bonds is 2. The van der Waals surface area contributed by atoms with Gasteiger partial charge in [0.15, 0.2) is 0 Å². The molecule has 0 bridgehead atoms. The summed E-state index contributed by atoms with van der Waals surface area (Å²) in [6, 6.07) is 14.1. The Labute approximate surface area is 197 Å². The van der Waals surface area contributed by atoms with Crippen LogP contribution >= 0.6 is 0 Å². The molecule has 2 aliphatic heterocycles. The Balaban J connectivity index is 1.49. The Morgan fingerprint density at radius 2 is 1.21 bits per heavy atom. The fourth-order valence-corrected chi connectivity index (χ4v) is 6.00. The van der Waals surface area contributed by atoms with Crippen LogP contribution in [0.15, 0.2) is 36.4 Å². The third-order valence-corrected chi connectivity index (χ3v) is 8.00. The first-order valence-corrected chi connectivity index (χ1v) is 12.2. The van der Waals surface area contributed by atoms with Crippen molar-refractivity contribution in [3.8, 4) is 33.8 Å². The van der Waals surface area contributed by atoms with Crippen LogP contribution in [0.3, 0.4) is 0 Å². The normalized spacial score (nSPS) is 19.0. The van der Waals surface area contributed by atoms with E-state index in [0.29, 0.717) is 11.8 Å². The van der Waals surface area contributed by atoms with Crippen LogP contribution in [0.1, 0.15) is 70.2 Å². The summed E-state index contributed by atoms with van der Waals surface area (Å²) in [6.07, 6.45) is 0.953. The first-order chi connectivity index (χ1) is 15.8. The average molecular weight is 437 g/mol. The van der Waals surface area contributed by atoms with Gasteiger partial charge in [-0.25, -0.2) is 0 Å². The summed E-state index contributed by atoms with van der Waals surface area (Å²) in [5.41, 5.74) is 16.4. The summed E-state index contributed by atoms with van der Waals surface area (Å²) < 4.78 is 12.0. The maximum atomic E-state index is 6.01. The molecule has 2 heteroatoms. The minimum atomic E-state index is 0.448. The van der Waals surface area contributed by atoms with Crippen molar-refractivity contribution in [3.63, 3.8) is 0 Å². The van der Waals surface area contributed by atoms with E-state index < -0.39 is 0 Å². The second-order valence-electron chi connectivity index (χ2n) is 10.4. The van der Waals surface area contributed by atoms with Gasteiger partial charge in [0.05, 0.1) is 13.2 Å². The lowest BCUT2D eigenvalue weighted by molar-refractivity contribution is 0.337. The van der Waals surface area contributed by atoms with Crippen LogP contribution in [0.4, 0.5) is 0 Å². The number of fused-ring (bicyclic) bond motifs is 4. The summed E-state index contributed by atoms with van der Waals surface area (Å²) in [7, 11) is 0. The molecule has 2 unspecified atom stereocenters. The minimum absolute atomic E-state index is 0.448. The van der Waals surface area contributed by atoms with E-state index in [4.69, 9.17) is 9.47 Å². The van der Waals surface area contributed by atoms with Crippen molar-refractivity contribution in [2.24, 2.45) is 0 Å². The van der Waals surface area contributed by atoms with Gasteiger partial charge in [0.25, 0.3) is 0 Å². The van der Waals surface area contributed by atoms with Crippen LogP contribution < -0.4 is 9.47 Å². The summed E-state index contributed by atoms with van der Waals surface area (Å²) in [4.78, 5) is 0. The highest BCUT2D eigenvalue weighted by molar-refractivity contribution is 5.81. The molecule has 0 aromatic rings. The van der Waals surface area contributed by atoms with E-state index >= 15 is 0 Å². The van der Waals surface area contributed by atoms with Crippen molar-refractivity contribution in [3.05, 3.63) is 80.9 Å². The van der Waals surface area contributed by atoms with Crippen LogP contribution in [0.25, 0.3) is 22.3 Å². The van der Waals surface area contributed by atoms with E-state index in [9.17, 15) is 0 Å². The van der Waals surface area contributed by atoms with E-state index in [2.05, 4.69) is 77.9 Å².